The lowest BCUT2D eigenvalue weighted by atomic mass is 9.95. The number of carbonyl (C=O) groups excluding carboxylic acids is 1. The van der Waals surface area contributed by atoms with Gasteiger partial charge in [-0.2, -0.15) is 0 Å². The zero-order valence-electron chi connectivity index (χ0n) is 20.6. The Bertz CT molecular complexity index is 930. The van der Waals surface area contributed by atoms with E-state index in [-0.39, 0.29) is 24.2 Å². The van der Waals surface area contributed by atoms with Crippen molar-refractivity contribution in [2.75, 3.05) is 19.8 Å². The molecule has 2 aromatic carbocycles. The summed E-state index contributed by atoms with van der Waals surface area (Å²) >= 11 is 0. The molecular weight excluding hydrogens is 426 g/mol. The molecule has 0 aliphatic heterocycles. The normalized spacial score (nSPS) is 18.3. The number of benzene rings is 2. The van der Waals surface area contributed by atoms with E-state index in [9.17, 15) is 9.90 Å². The van der Waals surface area contributed by atoms with Crippen LogP contribution in [0, 0.1) is 5.92 Å². The lowest BCUT2D eigenvalue weighted by molar-refractivity contribution is -0.143. The molecule has 1 saturated carbocycles. The highest BCUT2D eigenvalue weighted by Gasteiger charge is 2.44. The molecule has 5 nitrogen and oxygen atoms in total. The van der Waals surface area contributed by atoms with Crippen molar-refractivity contribution in [3.8, 4) is 0 Å². The van der Waals surface area contributed by atoms with E-state index >= 15 is 0 Å². The molecular formula is C29H39NO4. The van der Waals surface area contributed by atoms with Crippen LogP contribution in [0.5, 0.6) is 0 Å². The third kappa shape index (κ3) is 6.68. The molecule has 2 aliphatic rings. The van der Waals surface area contributed by atoms with Gasteiger partial charge in [0.25, 0.3) is 0 Å². The van der Waals surface area contributed by atoms with Crippen LogP contribution in [0.3, 0.4) is 0 Å². The largest absolute Gasteiger partial charge is 0.466 e. The van der Waals surface area contributed by atoms with Crippen LogP contribution in [0.4, 0.5) is 0 Å². The molecule has 184 valence electrons. The van der Waals surface area contributed by atoms with E-state index in [1.807, 2.05) is 38.1 Å². The first-order valence-electron chi connectivity index (χ1n) is 12.8. The number of hydrogen-bond donors (Lipinski definition) is 2. The molecule has 2 atom stereocenters. The van der Waals surface area contributed by atoms with E-state index in [1.54, 1.807) is 0 Å². The molecule has 2 aliphatic carbocycles. The second kappa shape index (κ2) is 11.5. The number of fused-ring (bicyclic) bond motifs is 1. The van der Waals surface area contributed by atoms with Crippen molar-refractivity contribution in [2.24, 2.45) is 5.92 Å². The molecule has 0 radical (unpaired) electrons. The molecule has 0 saturated heterocycles. The molecule has 4 rings (SSSR count). The summed E-state index contributed by atoms with van der Waals surface area (Å²) < 4.78 is 11.1. The van der Waals surface area contributed by atoms with Crippen molar-refractivity contribution < 1.29 is 19.4 Å². The lowest BCUT2D eigenvalue weighted by Gasteiger charge is -2.24. The monoisotopic (exact) mass is 465 g/mol. The Morgan fingerprint density at radius 1 is 1.12 bits per heavy atom. The van der Waals surface area contributed by atoms with Crippen LogP contribution in [-0.4, -0.2) is 42.5 Å². The van der Waals surface area contributed by atoms with E-state index in [4.69, 9.17) is 9.47 Å². The number of aliphatic hydroxyl groups excluding tert-OH is 1. The summed E-state index contributed by atoms with van der Waals surface area (Å²) in [5, 5.41) is 14.3. The molecule has 2 N–H and O–H groups in total. The van der Waals surface area contributed by atoms with E-state index in [1.165, 1.54) is 43.2 Å². The number of rotatable bonds is 13. The predicted octanol–water partition coefficient (Wildman–Crippen LogP) is 4.55. The number of ether oxygens (including phenoxy) is 2. The van der Waals surface area contributed by atoms with Crippen LogP contribution >= 0.6 is 0 Å². The number of esters is 1. The van der Waals surface area contributed by atoms with Gasteiger partial charge in [-0.15, -0.1) is 0 Å². The second-order valence-corrected chi connectivity index (χ2v) is 10.0. The quantitative estimate of drug-likeness (QED) is 0.425. The fraction of sp³-hybridized carbons (Fsp3) is 0.552. The van der Waals surface area contributed by atoms with Gasteiger partial charge in [0.15, 0.2) is 0 Å². The van der Waals surface area contributed by atoms with Gasteiger partial charge in [-0.3, -0.25) is 4.79 Å². The van der Waals surface area contributed by atoms with Crippen molar-refractivity contribution in [2.45, 2.75) is 76.5 Å². The minimum Gasteiger partial charge on any atom is -0.466 e. The van der Waals surface area contributed by atoms with E-state index in [0.29, 0.717) is 31.9 Å². The summed E-state index contributed by atoms with van der Waals surface area (Å²) in [6, 6.07) is 16.8. The van der Waals surface area contributed by atoms with Crippen molar-refractivity contribution in [3.63, 3.8) is 0 Å². The molecule has 0 bridgehead atoms. The molecule has 0 heterocycles. The van der Waals surface area contributed by atoms with E-state index in [2.05, 4.69) is 29.6 Å². The fourth-order valence-corrected chi connectivity index (χ4v) is 5.32. The van der Waals surface area contributed by atoms with Crippen molar-refractivity contribution >= 4 is 5.97 Å². The van der Waals surface area contributed by atoms with Crippen molar-refractivity contribution in [1.29, 1.82) is 0 Å². The first-order chi connectivity index (χ1) is 16.5. The highest BCUT2D eigenvalue weighted by atomic mass is 16.5. The average Bonchev–Trinajstić information content (AvgIpc) is 3.48. The first-order valence-corrected chi connectivity index (χ1v) is 12.8. The highest BCUT2D eigenvalue weighted by molar-refractivity contribution is 5.69. The summed E-state index contributed by atoms with van der Waals surface area (Å²) in [4.78, 5) is 11.7. The Labute approximate surface area is 203 Å². The summed E-state index contributed by atoms with van der Waals surface area (Å²) in [5.74, 6) is 0.523. The molecule has 34 heavy (non-hydrogen) atoms. The number of β-amino-alcohol motifs (C(OH)–C–C–N with tert-alkyl or cyclic N) is 1. The van der Waals surface area contributed by atoms with Gasteiger partial charge in [-0.1, -0.05) is 48.5 Å². The topological polar surface area (TPSA) is 67.8 Å². The maximum Gasteiger partial charge on any atom is 0.306 e. The van der Waals surface area contributed by atoms with E-state index < -0.39 is 6.10 Å². The maximum absolute atomic E-state index is 11.7. The Balaban J connectivity index is 1.20. The zero-order chi connectivity index (χ0) is 24.0. The Kier molecular flexibility index (Phi) is 8.41. The van der Waals surface area contributed by atoms with Crippen LogP contribution in [-0.2, 0) is 33.5 Å². The lowest BCUT2D eigenvalue weighted by Crippen LogP contribution is -2.40. The summed E-state index contributed by atoms with van der Waals surface area (Å²) in [5.41, 5.74) is 5.36. The SMILES string of the molecule is CCOC(=O)CCc1ccccc1[C@@H](C)OC[C@@H](O)CNC1(CC2Cc3ccccc3C2)CC1. The number of carbonyl (C=O) groups is 1. The summed E-state index contributed by atoms with van der Waals surface area (Å²) in [6.07, 6.45) is 6.21. The van der Waals surface area contributed by atoms with Gasteiger partial charge in [0.1, 0.15) is 0 Å². The molecule has 0 aromatic heterocycles. The van der Waals surface area contributed by atoms with Gasteiger partial charge in [0, 0.05) is 18.5 Å². The minimum absolute atomic E-state index is 0.153. The van der Waals surface area contributed by atoms with Crippen molar-refractivity contribution in [3.05, 3.63) is 70.8 Å². The number of nitrogens with one attached hydrogen (secondary N) is 1. The van der Waals surface area contributed by atoms with Gasteiger partial charge in [-0.05, 0) is 80.5 Å². The minimum atomic E-state index is -0.549. The maximum atomic E-state index is 11.7. The van der Waals surface area contributed by atoms with E-state index in [0.717, 1.165) is 11.1 Å². The van der Waals surface area contributed by atoms with Gasteiger partial charge in [-0.25, -0.2) is 0 Å². The molecule has 0 spiro atoms. The summed E-state index contributed by atoms with van der Waals surface area (Å²) in [6.45, 7) is 5.06. The van der Waals surface area contributed by atoms with Crippen LogP contribution < -0.4 is 5.32 Å². The van der Waals surface area contributed by atoms with Crippen molar-refractivity contribution in [1.82, 2.24) is 5.32 Å². The van der Waals surface area contributed by atoms with Gasteiger partial charge >= 0.3 is 5.97 Å². The Morgan fingerprint density at radius 3 is 2.47 bits per heavy atom. The Hall–Kier alpha value is -2.21. The average molecular weight is 466 g/mol. The van der Waals surface area contributed by atoms with Crippen LogP contribution in [0.1, 0.15) is 67.9 Å². The fourth-order valence-electron chi connectivity index (χ4n) is 5.32. The predicted molar refractivity (Wildman–Crippen MR) is 134 cm³/mol. The molecule has 2 aromatic rings. The smallest absolute Gasteiger partial charge is 0.306 e. The molecule has 0 unspecified atom stereocenters. The zero-order valence-corrected chi connectivity index (χ0v) is 20.6. The number of aryl methyl sites for hydroxylation is 1. The van der Waals surface area contributed by atoms with Crippen LogP contribution in [0.2, 0.25) is 0 Å². The Morgan fingerprint density at radius 2 is 1.79 bits per heavy atom. The number of hydrogen-bond acceptors (Lipinski definition) is 5. The standard InChI is InChI=1S/C29H39NO4/c1-3-33-28(32)13-12-23-8-6-7-11-27(23)21(2)34-20-26(31)19-30-29(14-15-29)18-22-16-24-9-4-5-10-25(24)17-22/h4-11,21-22,26,30-31H,3,12-20H2,1-2H3/t21-,26+/m1/s1. The van der Waals surface area contributed by atoms with Crippen LogP contribution in [0.15, 0.2) is 48.5 Å². The first kappa shape index (κ1) is 24.9. The summed E-state index contributed by atoms with van der Waals surface area (Å²) in [7, 11) is 0. The second-order valence-electron chi connectivity index (χ2n) is 10.0. The highest BCUT2D eigenvalue weighted by Crippen LogP contribution is 2.44. The molecule has 1 fully saturated rings. The van der Waals surface area contributed by atoms with Gasteiger partial charge in [0.05, 0.1) is 25.4 Å². The third-order valence-corrected chi connectivity index (χ3v) is 7.32. The molecule has 0 amide bonds. The van der Waals surface area contributed by atoms with Gasteiger partial charge < -0.3 is 19.9 Å². The van der Waals surface area contributed by atoms with Gasteiger partial charge in [0.2, 0.25) is 0 Å². The molecule has 5 heteroatoms. The van der Waals surface area contributed by atoms with Crippen LogP contribution in [0.25, 0.3) is 0 Å². The third-order valence-electron chi connectivity index (χ3n) is 7.32. The number of aliphatic hydroxyl groups is 1.